The maximum Gasteiger partial charge on any atom is 0.160 e. The van der Waals surface area contributed by atoms with Crippen molar-refractivity contribution >= 4 is 6.29 Å². The number of hydrogen-bond acceptors (Lipinski definition) is 2. The summed E-state index contributed by atoms with van der Waals surface area (Å²) in [5, 5.41) is 0. The third-order valence-corrected chi connectivity index (χ3v) is 5.77. The standard InChI is InChI=1S/C23H30O2/c1-22(2,3)20-9-11-21(12-10-20)25-23(17-24)15-13-19(14-16-23)18-7-5-4-6-8-18/h4-8,13-17,19-21H,9-12H2,1-3H3. The van der Waals surface area contributed by atoms with Gasteiger partial charge in [0, 0.05) is 5.92 Å². The Bertz CT molecular complexity index is 614. The van der Waals surface area contributed by atoms with E-state index in [0.717, 1.165) is 25.0 Å². The second-order valence-corrected chi connectivity index (χ2v) is 8.58. The molecule has 0 spiro atoms. The molecule has 0 amide bonds. The Morgan fingerprint density at radius 3 is 2.12 bits per heavy atom. The normalized spacial score (nSPS) is 32.5. The summed E-state index contributed by atoms with van der Waals surface area (Å²) in [5.41, 5.74) is 0.714. The average molecular weight is 338 g/mol. The molecule has 2 heteroatoms. The minimum absolute atomic E-state index is 0.173. The van der Waals surface area contributed by atoms with Crippen LogP contribution in [-0.2, 0) is 9.53 Å². The fourth-order valence-corrected chi connectivity index (χ4v) is 4.05. The molecule has 25 heavy (non-hydrogen) atoms. The average Bonchev–Trinajstić information content (AvgIpc) is 2.63. The molecule has 2 aliphatic carbocycles. The number of carbonyl (C=O) groups is 1. The first-order valence-electron chi connectivity index (χ1n) is 9.50. The largest absolute Gasteiger partial charge is 0.356 e. The quantitative estimate of drug-likeness (QED) is 0.538. The molecule has 0 atom stereocenters. The van der Waals surface area contributed by atoms with E-state index in [1.165, 1.54) is 18.4 Å². The Kier molecular flexibility index (Phi) is 5.29. The molecule has 2 aliphatic rings. The molecule has 0 N–H and O–H groups in total. The zero-order valence-electron chi connectivity index (χ0n) is 15.7. The lowest BCUT2D eigenvalue weighted by Crippen LogP contribution is -2.38. The number of rotatable bonds is 4. The van der Waals surface area contributed by atoms with Gasteiger partial charge in [-0.3, -0.25) is 4.79 Å². The van der Waals surface area contributed by atoms with Crippen LogP contribution in [-0.4, -0.2) is 18.0 Å². The Morgan fingerprint density at radius 1 is 1.00 bits per heavy atom. The molecule has 0 aromatic heterocycles. The highest BCUT2D eigenvalue weighted by Crippen LogP contribution is 2.40. The summed E-state index contributed by atoms with van der Waals surface area (Å²) in [7, 11) is 0. The van der Waals surface area contributed by atoms with Gasteiger partial charge in [-0.2, -0.15) is 0 Å². The fraction of sp³-hybridized carbons (Fsp3) is 0.522. The summed E-state index contributed by atoms with van der Waals surface area (Å²) < 4.78 is 6.27. The Hall–Kier alpha value is -1.67. The zero-order chi connectivity index (χ0) is 17.9. The first-order valence-corrected chi connectivity index (χ1v) is 9.50. The van der Waals surface area contributed by atoms with Gasteiger partial charge in [-0.05, 0) is 54.7 Å². The molecule has 0 heterocycles. The van der Waals surface area contributed by atoms with E-state index in [4.69, 9.17) is 4.74 Å². The summed E-state index contributed by atoms with van der Waals surface area (Å²) >= 11 is 0. The van der Waals surface area contributed by atoms with E-state index >= 15 is 0 Å². The van der Waals surface area contributed by atoms with Crippen molar-refractivity contribution in [3.8, 4) is 0 Å². The lowest BCUT2D eigenvalue weighted by Gasteiger charge is -2.39. The van der Waals surface area contributed by atoms with Crippen LogP contribution >= 0.6 is 0 Å². The van der Waals surface area contributed by atoms with E-state index < -0.39 is 5.60 Å². The number of ether oxygens (including phenoxy) is 1. The maximum absolute atomic E-state index is 11.8. The van der Waals surface area contributed by atoms with Crippen molar-refractivity contribution in [1.29, 1.82) is 0 Å². The second kappa shape index (κ2) is 7.29. The van der Waals surface area contributed by atoms with Crippen molar-refractivity contribution in [3.63, 3.8) is 0 Å². The molecule has 0 aliphatic heterocycles. The number of allylic oxidation sites excluding steroid dienone is 2. The minimum atomic E-state index is -0.884. The lowest BCUT2D eigenvalue weighted by molar-refractivity contribution is -0.129. The van der Waals surface area contributed by atoms with Crippen LogP contribution in [0.25, 0.3) is 0 Å². The first-order chi connectivity index (χ1) is 11.9. The number of carbonyl (C=O) groups excluding carboxylic acids is 1. The van der Waals surface area contributed by atoms with Crippen LogP contribution in [0.15, 0.2) is 54.6 Å². The van der Waals surface area contributed by atoms with Gasteiger partial charge in [-0.25, -0.2) is 0 Å². The predicted octanol–water partition coefficient (Wildman–Crippen LogP) is 5.46. The molecule has 0 saturated heterocycles. The van der Waals surface area contributed by atoms with E-state index in [9.17, 15) is 4.79 Å². The molecule has 1 fully saturated rings. The number of benzene rings is 1. The molecule has 1 saturated carbocycles. The minimum Gasteiger partial charge on any atom is -0.356 e. The number of hydrogen-bond donors (Lipinski definition) is 0. The highest BCUT2D eigenvalue weighted by Gasteiger charge is 2.35. The van der Waals surface area contributed by atoms with Crippen LogP contribution in [0.5, 0.6) is 0 Å². The maximum atomic E-state index is 11.8. The molecule has 1 aromatic rings. The summed E-state index contributed by atoms with van der Waals surface area (Å²) in [6.45, 7) is 6.96. The third-order valence-electron chi connectivity index (χ3n) is 5.77. The van der Waals surface area contributed by atoms with Gasteiger partial charge < -0.3 is 4.74 Å². The van der Waals surface area contributed by atoms with E-state index in [-0.39, 0.29) is 12.0 Å². The van der Waals surface area contributed by atoms with Crippen molar-refractivity contribution < 1.29 is 9.53 Å². The first kappa shape index (κ1) is 18.1. The molecule has 0 radical (unpaired) electrons. The van der Waals surface area contributed by atoms with Crippen LogP contribution in [0, 0.1) is 11.3 Å². The van der Waals surface area contributed by atoms with Crippen molar-refractivity contribution in [2.45, 2.75) is 64.1 Å². The molecule has 0 bridgehead atoms. The molecule has 134 valence electrons. The van der Waals surface area contributed by atoms with Gasteiger partial charge in [0.2, 0.25) is 0 Å². The fourth-order valence-electron chi connectivity index (χ4n) is 4.05. The SMILES string of the molecule is CC(C)(C)C1CCC(OC2(C=O)C=CC(c3ccccc3)C=C2)CC1. The van der Waals surface area contributed by atoms with Crippen molar-refractivity contribution in [2.75, 3.05) is 0 Å². The molecule has 0 unspecified atom stereocenters. The summed E-state index contributed by atoms with van der Waals surface area (Å²) in [6.07, 6.45) is 13.6. The lowest BCUT2D eigenvalue weighted by atomic mass is 9.72. The van der Waals surface area contributed by atoms with Crippen molar-refractivity contribution in [2.24, 2.45) is 11.3 Å². The van der Waals surface area contributed by atoms with Gasteiger partial charge in [-0.1, -0.05) is 63.3 Å². The van der Waals surface area contributed by atoms with E-state index in [1.807, 2.05) is 30.4 Å². The van der Waals surface area contributed by atoms with Crippen LogP contribution in [0.3, 0.4) is 0 Å². The molecule has 1 aromatic carbocycles. The smallest absolute Gasteiger partial charge is 0.160 e. The van der Waals surface area contributed by atoms with Gasteiger partial charge in [0.15, 0.2) is 11.9 Å². The molecule has 2 nitrogen and oxygen atoms in total. The van der Waals surface area contributed by atoms with E-state index in [2.05, 4.69) is 45.1 Å². The Morgan fingerprint density at radius 2 is 1.60 bits per heavy atom. The molecular weight excluding hydrogens is 308 g/mol. The van der Waals surface area contributed by atoms with Crippen LogP contribution in [0.2, 0.25) is 0 Å². The highest BCUT2D eigenvalue weighted by atomic mass is 16.5. The zero-order valence-corrected chi connectivity index (χ0v) is 15.7. The van der Waals surface area contributed by atoms with Gasteiger partial charge in [0.1, 0.15) is 0 Å². The topological polar surface area (TPSA) is 26.3 Å². The second-order valence-electron chi connectivity index (χ2n) is 8.58. The summed E-state index contributed by atoms with van der Waals surface area (Å²) in [4.78, 5) is 11.8. The molecule has 3 rings (SSSR count). The van der Waals surface area contributed by atoms with Gasteiger partial charge in [0.25, 0.3) is 0 Å². The van der Waals surface area contributed by atoms with Crippen LogP contribution in [0.4, 0.5) is 0 Å². The van der Waals surface area contributed by atoms with Crippen LogP contribution < -0.4 is 0 Å². The summed E-state index contributed by atoms with van der Waals surface area (Å²) in [6, 6.07) is 10.3. The van der Waals surface area contributed by atoms with Gasteiger partial charge in [0.05, 0.1) is 6.10 Å². The number of aldehydes is 1. The predicted molar refractivity (Wildman–Crippen MR) is 103 cm³/mol. The monoisotopic (exact) mass is 338 g/mol. The summed E-state index contributed by atoms with van der Waals surface area (Å²) in [5.74, 6) is 0.967. The highest BCUT2D eigenvalue weighted by molar-refractivity contribution is 5.71. The Balaban J connectivity index is 1.62. The van der Waals surface area contributed by atoms with Gasteiger partial charge >= 0.3 is 0 Å². The van der Waals surface area contributed by atoms with E-state index in [0.29, 0.717) is 5.41 Å². The molecular formula is C23H30O2. The van der Waals surface area contributed by atoms with Crippen LogP contribution in [0.1, 0.15) is 57.9 Å². The third kappa shape index (κ3) is 4.30. The van der Waals surface area contributed by atoms with Gasteiger partial charge in [-0.15, -0.1) is 0 Å². The van der Waals surface area contributed by atoms with Crippen molar-refractivity contribution in [1.82, 2.24) is 0 Å². The van der Waals surface area contributed by atoms with E-state index in [1.54, 1.807) is 0 Å². The Labute approximate surface area is 152 Å². The van der Waals surface area contributed by atoms with Crippen molar-refractivity contribution in [3.05, 3.63) is 60.2 Å².